The van der Waals surface area contributed by atoms with Gasteiger partial charge in [0, 0.05) is 39.7 Å². The Labute approximate surface area is 475 Å². The lowest BCUT2D eigenvalue weighted by Gasteiger charge is -2.38. The summed E-state index contributed by atoms with van der Waals surface area (Å²) < 4.78 is 6.76. The number of hydrogen-bond donors (Lipinski definition) is 0. The predicted octanol–water partition coefficient (Wildman–Crippen LogP) is 20.5. The molecule has 0 saturated heterocycles. The van der Waals surface area contributed by atoms with Crippen LogP contribution in [0.5, 0.6) is 0 Å². The predicted molar refractivity (Wildman–Crippen MR) is 338 cm³/mol. The molecule has 5 unspecified atom stereocenters. The largest absolute Gasteiger partial charge is 0.460 e. The number of fused-ring (bicyclic) bond motifs is 8. The molecule has 6 aliphatic carbocycles. The summed E-state index contributed by atoms with van der Waals surface area (Å²) in [6, 6.07) is 54.5. The molecule has 6 aliphatic rings. The fourth-order valence-corrected chi connectivity index (χ4v) is 15.3. The molecular formula is C78H75NO. The first kappa shape index (κ1) is 50.5. The van der Waals surface area contributed by atoms with Gasteiger partial charge in [-0.3, -0.25) is 0 Å². The first-order valence-corrected chi connectivity index (χ1v) is 30.0. The number of rotatable bonds is 12. The highest BCUT2D eigenvalue weighted by atomic mass is 16.3. The maximum atomic E-state index is 6.76. The number of aryl methyl sites for hydroxylation is 3. The van der Waals surface area contributed by atoms with E-state index in [1.54, 1.807) is 0 Å². The molecule has 0 N–H and O–H groups in total. The van der Waals surface area contributed by atoms with Gasteiger partial charge in [-0.25, -0.2) is 0 Å². The maximum Gasteiger partial charge on any atom is 0.142 e. The monoisotopic (exact) mass is 1040 g/mol. The van der Waals surface area contributed by atoms with E-state index < -0.39 is 5.41 Å². The summed E-state index contributed by atoms with van der Waals surface area (Å²) >= 11 is 0. The third kappa shape index (κ3) is 8.09. The van der Waals surface area contributed by atoms with Crippen LogP contribution in [0.2, 0.25) is 0 Å². The van der Waals surface area contributed by atoms with E-state index in [1.165, 1.54) is 147 Å². The first-order chi connectivity index (χ1) is 38.9. The van der Waals surface area contributed by atoms with E-state index in [0.29, 0.717) is 11.8 Å². The third-order valence-corrected chi connectivity index (χ3v) is 19.8. The number of nitrogens with zero attached hydrogens (tertiary/aromatic N) is 1. The molecule has 0 radical (unpaired) electrons. The fourth-order valence-electron chi connectivity index (χ4n) is 15.3. The molecule has 1 heterocycles. The molecule has 80 heavy (non-hydrogen) atoms. The lowest BCUT2D eigenvalue weighted by atomic mass is 9.63. The van der Waals surface area contributed by atoms with Gasteiger partial charge in [0.05, 0.1) is 11.5 Å². The summed E-state index contributed by atoms with van der Waals surface area (Å²) in [7, 11) is 0. The highest BCUT2D eigenvalue weighted by Gasteiger charge is 2.50. The fraction of sp³-hybridized carbons (Fsp3) is 0.282. The molecule has 0 amide bonds. The van der Waals surface area contributed by atoms with Gasteiger partial charge in [0.25, 0.3) is 0 Å². The van der Waals surface area contributed by atoms with Crippen LogP contribution < -0.4 is 4.90 Å². The quantitative estimate of drug-likeness (QED) is 0.113. The Morgan fingerprint density at radius 2 is 1.49 bits per heavy atom. The van der Waals surface area contributed by atoms with E-state index in [4.69, 9.17) is 4.42 Å². The minimum atomic E-state index is -0.481. The maximum absolute atomic E-state index is 6.76. The summed E-state index contributed by atoms with van der Waals surface area (Å²) in [6.45, 7) is 19.2. The van der Waals surface area contributed by atoms with Gasteiger partial charge >= 0.3 is 0 Å². The van der Waals surface area contributed by atoms with Gasteiger partial charge in [0.2, 0.25) is 0 Å². The number of anilines is 2. The van der Waals surface area contributed by atoms with Crippen LogP contribution in [0.3, 0.4) is 0 Å². The van der Waals surface area contributed by atoms with Crippen molar-refractivity contribution in [3.05, 3.63) is 266 Å². The number of para-hydroxylation sites is 1. The van der Waals surface area contributed by atoms with E-state index in [1.807, 2.05) is 0 Å². The Balaban J connectivity index is 0.906. The van der Waals surface area contributed by atoms with Crippen molar-refractivity contribution in [1.82, 2.24) is 0 Å². The van der Waals surface area contributed by atoms with Crippen LogP contribution in [0.15, 0.2) is 198 Å². The molecule has 8 aromatic rings. The van der Waals surface area contributed by atoms with Crippen molar-refractivity contribution in [3.8, 4) is 22.3 Å². The van der Waals surface area contributed by atoms with Crippen LogP contribution >= 0.6 is 0 Å². The van der Waals surface area contributed by atoms with Gasteiger partial charge in [-0.15, -0.1) is 0 Å². The van der Waals surface area contributed by atoms with Gasteiger partial charge in [-0.1, -0.05) is 203 Å². The molecule has 5 atom stereocenters. The van der Waals surface area contributed by atoms with E-state index in [0.717, 1.165) is 49.4 Å². The molecule has 1 aromatic heterocycles. The topological polar surface area (TPSA) is 16.4 Å². The van der Waals surface area contributed by atoms with E-state index in [-0.39, 0.29) is 11.5 Å². The zero-order valence-corrected chi connectivity index (χ0v) is 48.2. The lowest BCUT2D eigenvalue weighted by Crippen LogP contribution is -2.31. The SMILES string of the molecule is CC1=CC2=C(CC1C)c1c(-c3ccc(N(c4ccc5c(c4)C(C)(C)c4ccccc4-5)C4C=CC=C(c5cccc6c7c(oc56)CCC=C7)C4)cc3)cc(C)c(C)c1C2(c1ccccc1)c1cc(C)cc(CC(C)CCC2C=CC2)c1. The van der Waals surface area contributed by atoms with Crippen molar-refractivity contribution >= 4 is 39.6 Å². The molecule has 2 nitrogen and oxygen atoms in total. The Morgan fingerprint density at radius 3 is 2.30 bits per heavy atom. The second kappa shape index (κ2) is 19.5. The Bertz CT molecular complexity index is 4010. The van der Waals surface area contributed by atoms with E-state index in [2.05, 4.69) is 248 Å². The molecule has 0 saturated carbocycles. The minimum absolute atomic E-state index is 0.0523. The summed E-state index contributed by atoms with van der Waals surface area (Å²) in [5.41, 5.74) is 30.2. The standard InChI is InChI=1S/C78H75NO/c1-48(31-32-54-19-16-20-54)39-55-40-49(2)41-59(45-55)78(58-22-10-9-11-23-58)72-44-51(4)50(3)42-69(72)74-68(43-52(5)53(6)75(74)78)56-33-35-60(36-34-56)79(62-37-38-65-64-25-12-14-29-70(64)77(7,8)71(65)47-62)61-24-17-21-57(46-61)63-27-18-28-67-66-26-13-15-30-73(66)80-76(63)67/h9-14,16-19,21-29,33-38,40-41,43-45,47-48,50,54,61H,15,20,30-32,39,42,46H2,1-8H3. The van der Waals surface area contributed by atoms with Crippen LogP contribution in [0.1, 0.15) is 146 Å². The molecular weight excluding hydrogens is 967 g/mol. The molecule has 7 aromatic carbocycles. The second-order valence-corrected chi connectivity index (χ2v) is 25.4. The zero-order valence-electron chi connectivity index (χ0n) is 48.2. The molecule has 0 fully saturated rings. The Kier molecular flexibility index (Phi) is 12.3. The average molecular weight is 1040 g/mol. The van der Waals surface area contributed by atoms with Gasteiger partial charge in [-0.05, 0) is 204 Å². The Hall–Kier alpha value is -7.68. The van der Waals surface area contributed by atoms with Gasteiger partial charge in [-0.2, -0.15) is 0 Å². The van der Waals surface area contributed by atoms with Crippen LogP contribution in [0.4, 0.5) is 11.4 Å². The summed E-state index contributed by atoms with van der Waals surface area (Å²) in [5.74, 6) is 2.92. The first-order valence-electron chi connectivity index (χ1n) is 30.0. The average Bonchev–Trinajstić information content (AvgIpc) is 4.08. The number of allylic oxidation sites excluding steroid dienone is 9. The number of hydrogen-bond acceptors (Lipinski definition) is 2. The van der Waals surface area contributed by atoms with Gasteiger partial charge < -0.3 is 9.32 Å². The summed E-state index contributed by atoms with van der Waals surface area (Å²) in [4.78, 5) is 2.62. The number of furan rings is 1. The molecule has 0 spiro atoms. The second-order valence-electron chi connectivity index (χ2n) is 25.4. The minimum Gasteiger partial charge on any atom is -0.460 e. The van der Waals surface area contributed by atoms with Crippen LogP contribution in [-0.4, -0.2) is 6.04 Å². The lowest BCUT2D eigenvalue weighted by molar-refractivity contribution is 0.439. The summed E-state index contributed by atoms with van der Waals surface area (Å²) in [5, 5.41) is 1.21. The highest BCUT2D eigenvalue weighted by Crippen LogP contribution is 2.62. The van der Waals surface area contributed by atoms with Crippen LogP contribution in [-0.2, 0) is 23.7 Å². The van der Waals surface area contributed by atoms with Crippen LogP contribution in [0, 0.1) is 38.5 Å². The highest BCUT2D eigenvalue weighted by molar-refractivity contribution is 5.99. The van der Waals surface area contributed by atoms with E-state index >= 15 is 0 Å². The number of benzene rings is 7. The third-order valence-electron chi connectivity index (χ3n) is 19.8. The summed E-state index contributed by atoms with van der Waals surface area (Å²) in [6.07, 6.45) is 27.6. The van der Waals surface area contributed by atoms with Crippen molar-refractivity contribution in [3.63, 3.8) is 0 Å². The van der Waals surface area contributed by atoms with Crippen molar-refractivity contribution < 1.29 is 4.42 Å². The van der Waals surface area contributed by atoms with Crippen molar-refractivity contribution in [2.24, 2.45) is 17.8 Å². The van der Waals surface area contributed by atoms with Crippen molar-refractivity contribution in [2.45, 2.75) is 124 Å². The Morgan fingerprint density at radius 1 is 0.713 bits per heavy atom. The molecule has 0 aliphatic heterocycles. The van der Waals surface area contributed by atoms with Gasteiger partial charge in [0.1, 0.15) is 11.3 Å². The molecule has 398 valence electrons. The molecule has 2 heteroatoms. The smallest absolute Gasteiger partial charge is 0.142 e. The zero-order chi connectivity index (χ0) is 54.6. The van der Waals surface area contributed by atoms with Crippen molar-refractivity contribution in [2.75, 3.05) is 4.90 Å². The van der Waals surface area contributed by atoms with Crippen LogP contribution in [0.25, 0.3) is 50.4 Å². The van der Waals surface area contributed by atoms with Gasteiger partial charge in [0.15, 0.2) is 0 Å². The molecule has 14 rings (SSSR count). The normalized spacial score (nSPS) is 21.3. The van der Waals surface area contributed by atoms with E-state index in [9.17, 15) is 0 Å². The van der Waals surface area contributed by atoms with Crippen molar-refractivity contribution in [1.29, 1.82) is 0 Å². The molecule has 0 bridgehead atoms.